The van der Waals surface area contributed by atoms with Crippen LogP contribution in [0.5, 0.6) is 0 Å². The summed E-state index contributed by atoms with van der Waals surface area (Å²) in [5.41, 5.74) is 1.99. The van der Waals surface area contributed by atoms with Gasteiger partial charge in [0.2, 0.25) is 5.78 Å². The highest BCUT2D eigenvalue weighted by Crippen LogP contribution is 2.19. The van der Waals surface area contributed by atoms with Gasteiger partial charge in [-0.15, -0.1) is 0 Å². The molecule has 28 heavy (non-hydrogen) atoms. The number of hydrogen-bond acceptors (Lipinski definition) is 6. The maximum absolute atomic E-state index is 12.4. The van der Waals surface area contributed by atoms with Crippen LogP contribution in [0.25, 0.3) is 10.9 Å². The molecule has 0 saturated carbocycles. The number of carbonyl (C=O) groups excluding carboxylic acids is 3. The van der Waals surface area contributed by atoms with Crippen molar-refractivity contribution in [2.24, 2.45) is 0 Å². The first kappa shape index (κ1) is 19.2. The van der Waals surface area contributed by atoms with Gasteiger partial charge in [0.15, 0.2) is 12.4 Å². The molecule has 0 fully saturated rings. The van der Waals surface area contributed by atoms with Crippen LogP contribution in [0.2, 0.25) is 0 Å². The van der Waals surface area contributed by atoms with Crippen molar-refractivity contribution < 1.29 is 19.1 Å². The summed E-state index contributed by atoms with van der Waals surface area (Å²) in [6.07, 6.45) is 1.27. The third-order valence-electron chi connectivity index (χ3n) is 4.46. The number of nitrogens with one attached hydrogen (secondary N) is 1. The highest BCUT2D eigenvalue weighted by atomic mass is 16.5. The Morgan fingerprint density at radius 1 is 1.18 bits per heavy atom. The van der Waals surface area contributed by atoms with E-state index in [2.05, 4.69) is 9.97 Å². The summed E-state index contributed by atoms with van der Waals surface area (Å²) in [7, 11) is 0. The number of ketones is 2. The van der Waals surface area contributed by atoms with Gasteiger partial charge in [-0.2, -0.15) is 0 Å². The summed E-state index contributed by atoms with van der Waals surface area (Å²) in [5, 5.41) is 0.392. The second-order valence-electron chi connectivity index (χ2n) is 6.46. The van der Waals surface area contributed by atoms with E-state index in [0.29, 0.717) is 27.7 Å². The van der Waals surface area contributed by atoms with Crippen molar-refractivity contribution in [3.63, 3.8) is 0 Å². The summed E-state index contributed by atoms with van der Waals surface area (Å²) in [4.78, 5) is 55.5. The SMILES string of the molecule is CC(=O)c1c(C)[nH]c(C(=O)COC(=O)Cn2cnc3ccccc3c2=O)c1C. The molecule has 0 atom stereocenters. The number of H-pyrrole nitrogens is 1. The molecule has 0 unspecified atom stereocenters. The molecule has 0 spiro atoms. The maximum Gasteiger partial charge on any atom is 0.326 e. The first-order valence-electron chi connectivity index (χ1n) is 8.62. The Kier molecular flexibility index (Phi) is 5.21. The zero-order chi connectivity index (χ0) is 20.4. The second-order valence-corrected chi connectivity index (χ2v) is 6.46. The van der Waals surface area contributed by atoms with Gasteiger partial charge in [-0.1, -0.05) is 12.1 Å². The fourth-order valence-corrected chi connectivity index (χ4v) is 3.18. The lowest BCUT2D eigenvalue weighted by Crippen LogP contribution is -2.27. The summed E-state index contributed by atoms with van der Waals surface area (Å²) in [5.74, 6) is -1.34. The molecular weight excluding hydrogens is 362 g/mol. The molecular formula is C20H19N3O5. The largest absolute Gasteiger partial charge is 0.456 e. The molecule has 2 heterocycles. The molecule has 0 aliphatic heterocycles. The van der Waals surface area contributed by atoms with Gasteiger partial charge in [0.1, 0.15) is 6.54 Å². The van der Waals surface area contributed by atoms with E-state index in [-0.39, 0.29) is 23.6 Å². The number of nitrogens with zero attached hydrogens (tertiary/aromatic N) is 2. The smallest absolute Gasteiger partial charge is 0.326 e. The van der Waals surface area contributed by atoms with Crippen molar-refractivity contribution in [1.82, 2.24) is 14.5 Å². The topological polar surface area (TPSA) is 111 Å². The third kappa shape index (κ3) is 3.62. The van der Waals surface area contributed by atoms with E-state index in [4.69, 9.17) is 4.74 Å². The van der Waals surface area contributed by atoms with Crippen LogP contribution in [0, 0.1) is 13.8 Å². The third-order valence-corrected chi connectivity index (χ3v) is 4.46. The van der Waals surface area contributed by atoms with E-state index in [9.17, 15) is 19.2 Å². The molecule has 144 valence electrons. The fourth-order valence-electron chi connectivity index (χ4n) is 3.18. The summed E-state index contributed by atoms with van der Waals surface area (Å²) in [6, 6.07) is 6.80. The first-order chi connectivity index (χ1) is 13.3. The van der Waals surface area contributed by atoms with Crippen LogP contribution in [0.1, 0.15) is 39.0 Å². The quantitative estimate of drug-likeness (QED) is 0.516. The first-order valence-corrected chi connectivity index (χ1v) is 8.62. The van der Waals surface area contributed by atoms with Crippen LogP contribution in [-0.4, -0.2) is 38.7 Å². The van der Waals surface area contributed by atoms with Gasteiger partial charge in [-0.3, -0.25) is 23.7 Å². The number of fused-ring (bicyclic) bond motifs is 1. The summed E-state index contributed by atoms with van der Waals surface area (Å²) in [6.45, 7) is 3.94. The number of esters is 1. The Hall–Kier alpha value is -3.55. The zero-order valence-corrected chi connectivity index (χ0v) is 15.7. The molecule has 2 aromatic heterocycles. The Morgan fingerprint density at radius 3 is 2.57 bits per heavy atom. The van der Waals surface area contributed by atoms with Crippen molar-refractivity contribution in [2.75, 3.05) is 6.61 Å². The lowest BCUT2D eigenvalue weighted by molar-refractivity contribution is -0.143. The average molecular weight is 381 g/mol. The molecule has 0 saturated heterocycles. The number of aryl methyl sites for hydroxylation is 1. The molecule has 8 nitrogen and oxygen atoms in total. The maximum atomic E-state index is 12.4. The van der Waals surface area contributed by atoms with Crippen LogP contribution < -0.4 is 5.56 Å². The Labute approximate surface area is 160 Å². The minimum absolute atomic E-state index is 0.148. The molecule has 8 heteroatoms. The number of aromatic amines is 1. The molecule has 1 aromatic carbocycles. The number of hydrogen-bond donors (Lipinski definition) is 1. The Bertz CT molecular complexity index is 1160. The molecule has 0 aliphatic carbocycles. The van der Waals surface area contributed by atoms with Crippen molar-refractivity contribution in [3.05, 3.63) is 63.5 Å². The molecule has 3 rings (SSSR count). The average Bonchev–Trinajstić information content (AvgIpc) is 2.96. The Morgan fingerprint density at radius 2 is 1.89 bits per heavy atom. The number of Topliss-reactive ketones (excluding diaryl/α,β-unsaturated/α-hetero) is 2. The lowest BCUT2D eigenvalue weighted by Gasteiger charge is -2.07. The normalized spacial score (nSPS) is 10.8. The fraction of sp³-hybridized carbons (Fsp3) is 0.250. The second kappa shape index (κ2) is 7.59. The Balaban J connectivity index is 1.69. The van der Waals surface area contributed by atoms with E-state index >= 15 is 0 Å². The lowest BCUT2D eigenvalue weighted by atomic mass is 10.1. The van der Waals surface area contributed by atoms with Crippen molar-refractivity contribution in [1.29, 1.82) is 0 Å². The molecule has 3 aromatic rings. The van der Waals surface area contributed by atoms with Gasteiger partial charge in [0.05, 0.1) is 22.9 Å². The molecule has 0 radical (unpaired) electrons. The number of ether oxygens (including phenoxy) is 1. The highest BCUT2D eigenvalue weighted by Gasteiger charge is 2.21. The van der Waals surface area contributed by atoms with E-state index in [1.165, 1.54) is 13.3 Å². The molecule has 0 aliphatic rings. The van der Waals surface area contributed by atoms with Gasteiger partial charge in [0, 0.05) is 11.3 Å². The number of aromatic nitrogens is 3. The van der Waals surface area contributed by atoms with E-state index in [1.54, 1.807) is 38.1 Å². The van der Waals surface area contributed by atoms with Crippen LogP contribution in [0.15, 0.2) is 35.4 Å². The number of benzene rings is 1. The van der Waals surface area contributed by atoms with Crippen molar-refractivity contribution in [3.8, 4) is 0 Å². The molecule has 1 N–H and O–H groups in total. The summed E-state index contributed by atoms with van der Waals surface area (Å²) >= 11 is 0. The van der Waals surface area contributed by atoms with Gasteiger partial charge in [0.25, 0.3) is 5.56 Å². The van der Waals surface area contributed by atoms with E-state index in [0.717, 1.165) is 4.57 Å². The van der Waals surface area contributed by atoms with Crippen molar-refractivity contribution in [2.45, 2.75) is 27.3 Å². The van der Waals surface area contributed by atoms with Crippen LogP contribution in [0.4, 0.5) is 0 Å². The van der Waals surface area contributed by atoms with Crippen LogP contribution >= 0.6 is 0 Å². The highest BCUT2D eigenvalue weighted by molar-refractivity contribution is 6.04. The predicted octanol–water partition coefficient (Wildman–Crippen LogP) is 1.97. The summed E-state index contributed by atoms with van der Waals surface area (Å²) < 4.78 is 6.14. The minimum atomic E-state index is -0.736. The molecule has 0 amide bonds. The minimum Gasteiger partial charge on any atom is -0.456 e. The number of rotatable bonds is 6. The van der Waals surface area contributed by atoms with E-state index < -0.39 is 18.4 Å². The number of para-hydroxylation sites is 1. The van der Waals surface area contributed by atoms with Gasteiger partial charge < -0.3 is 9.72 Å². The van der Waals surface area contributed by atoms with Gasteiger partial charge in [-0.25, -0.2) is 4.98 Å². The van der Waals surface area contributed by atoms with Crippen LogP contribution in [0.3, 0.4) is 0 Å². The zero-order valence-electron chi connectivity index (χ0n) is 15.7. The predicted molar refractivity (Wildman–Crippen MR) is 102 cm³/mol. The number of carbonyl (C=O) groups is 3. The van der Waals surface area contributed by atoms with Gasteiger partial charge in [-0.05, 0) is 38.5 Å². The van der Waals surface area contributed by atoms with Gasteiger partial charge >= 0.3 is 5.97 Å². The monoisotopic (exact) mass is 381 g/mol. The van der Waals surface area contributed by atoms with Crippen molar-refractivity contribution >= 4 is 28.4 Å². The molecule has 0 bridgehead atoms. The standard InChI is InChI=1S/C20H19N3O5/c1-11-18(13(3)24)12(2)22-19(11)16(25)9-28-17(26)8-23-10-21-15-7-5-4-6-14(15)20(23)27/h4-7,10,22H,8-9H2,1-3H3. The van der Waals surface area contributed by atoms with Crippen LogP contribution in [-0.2, 0) is 16.1 Å². The van der Waals surface area contributed by atoms with E-state index in [1.807, 2.05) is 0 Å².